The maximum atomic E-state index is 6.59. The lowest BCUT2D eigenvalue weighted by Gasteiger charge is -2.38. The lowest BCUT2D eigenvalue weighted by atomic mass is 9.85. The Labute approximate surface area is 173 Å². The van der Waals surface area contributed by atoms with E-state index in [1.165, 1.54) is 5.56 Å². The molecule has 2 aromatic heterocycles. The monoisotopic (exact) mass is 393 g/mol. The fourth-order valence-corrected chi connectivity index (χ4v) is 4.29. The van der Waals surface area contributed by atoms with Crippen LogP contribution in [0.3, 0.4) is 0 Å². The predicted molar refractivity (Wildman–Crippen MR) is 114 cm³/mol. The van der Waals surface area contributed by atoms with Gasteiger partial charge in [0.2, 0.25) is 5.95 Å². The number of nitrogens with zero attached hydrogens (tertiary/aromatic N) is 4. The number of fused-ring (bicyclic) bond motifs is 3. The average molecular weight is 393 g/mol. The summed E-state index contributed by atoms with van der Waals surface area (Å²) in [4.78, 5) is 8.81. The Balaban J connectivity index is 1.63. The number of benzene rings is 2. The van der Waals surface area contributed by atoms with E-state index in [1.54, 1.807) is 12.5 Å². The minimum Gasteiger partial charge on any atom is -0.480 e. The average Bonchev–Trinajstić information content (AvgIpc) is 3.26. The molecule has 6 rings (SSSR count). The van der Waals surface area contributed by atoms with Crippen molar-refractivity contribution in [1.29, 1.82) is 0 Å². The molecule has 2 aliphatic heterocycles. The minimum absolute atomic E-state index is 0.174. The van der Waals surface area contributed by atoms with E-state index < -0.39 is 0 Å². The van der Waals surface area contributed by atoms with Gasteiger partial charge in [-0.2, -0.15) is 10.1 Å². The molecule has 2 atom stereocenters. The van der Waals surface area contributed by atoms with Crippen molar-refractivity contribution in [2.45, 2.75) is 19.1 Å². The van der Waals surface area contributed by atoms with E-state index >= 15 is 0 Å². The van der Waals surface area contributed by atoms with Crippen LogP contribution in [0.1, 0.15) is 34.4 Å². The minimum atomic E-state index is -0.259. The van der Waals surface area contributed by atoms with Gasteiger partial charge < -0.3 is 10.1 Å². The molecule has 0 bridgehead atoms. The van der Waals surface area contributed by atoms with Crippen molar-refractivity contribution in [3.8, 4) is 5.75 Å². The van der Waals surface area contributed by atoms with Gasteiger partial charge in [-0.3, -0.25) is 4.98 Å². The standard InChI is InChI=1S/C24H19N5O/c1-15-8-10-16(11-9-15)23-20-21(18-6-2-3-7-19(18)30-23)28-24-26-14-27-29(24)22(20)17-5-4-12-25-13-17/h2-14,22-23H,1H3,(H,26,27,28)/t22-,23+/m1/s1. The van der Waals surface area contributed by atoms with Crippen LogP contribution < -0.4 is 10.1 Å². The second kappa shape index (κ2) is 6.56. The fourth-order valence-electron chi connectivity index (χ4n) is 4.29. The van der Waals surface area contributed by atoms with Crippen LogP contribution in [0.25, 0.3) is 5.70 Å². The Morgan fingerprint density at radius 1 is 0.967 bits per heavy atom. The fraction of sp³-hybridized carbons (Fsp3) is 0.125. The molecule has 2 aliphatic rings. The first kappa shape index (κ1) is 17.0. The molecule has 0 spiro atoms. The molecule has 6 nitrogen and oxygen atoms in total. The van der Waals surface area contributed by atoms with Gasteiger partial charge in [0.05, 0.1) is 5.70 Å². The van der Waals surface area contributed by atoms with Gasteiger partial charge in [-0.15, -0.1) is 0 Å². The zero-order valence-electron chi connectivity index (χ0n) is 16.4. The summed E-state index contributed by atoms with van der Waals surface area (Å²) in [5.74, 6) is 1.56. The molecule has 0 amide bonds. The molecule has 0 unspecified atom stereocenters. The number of hydrogen-bond acceptors (Lipinski definition) is 5. The smallest absolute Gasteiger partial charge is 0.226 e. The molecular formula is C24H19N5O. The normalized spacial score (nSPS) is 19.2. The summed E-state index contributed by atoms with van der Waals surface area (Å²) in [5, 5.41) is 8.04. The SMILES string of the molecule is Cc1ccc([C@@H]2Oc3ccccc3C3=C2[C@@H](c2cccnc2)n2ncnc2N3)cc1. The van der Waals surface area contributed by atoms with Crippen molar-refractivity contribution in [2.75, 3.05) is 5.32 Å². The highest BCUT2D eigenvalue weighted by Gasteiger charge is 2.40. The molecule has 4 aromatic rings. The van der Waals surface area contributed by atoms with Crippen LogP contribution in [0.2, 0.25) is 0 Å². The summed E-state index contributed by atoms with van der Waals surface area (Å²) in [5.41, 5.74) is 6.51. The van der Waals surface area contributed by atoms with Crippen molar-refractivity contribution in [3.63, 3.8) is 0 Å². The first-order valence-corrected chi connectivity index (χ1v) is 9.93. The number of pyridine rings is 1. The molecule has 0 aliphatic carbocycles. The Hall–Kier alpha value is -3.93. The van der Waals surface area contributed by atoms with Crippen LogP contribution in [0, 0.1) is 6.92 Å². The number of anilines is 1. The molecule has 146 valence electrons. The summed E-state index contributed by atoms with van der Waals surface area (Å²) in [6.45, 7) is 2.09. The lowest BCUT2D eigenvalue weighted by Crippen LogP contribution is -2.32. The quantitative estimate of drug-likeness (QED) is 0.542. The number of hydrogen-bond donors (Lipinski definition) is 1. The van der Waals surface area contributed by atoms with Gasteiger partial charge in [0, 0.05) is 23.5 Å². The van der Waals surface area contributed by atoms with Crippen LogP contribution in [0.15, 0.2) is 85.0 Å². The summed E-state index contributed by atoms with van der Waals surface area (Å²) in [7, 11) is 0. The predicted octanol–water partition coefficient (Wildman–Crippen LogP) is 4.54. The largest absolute Gasteiger partial charge is 0.480 e. The molecule has 4 heterocycles. The van der Waals surface area contributed by atoms with Gasteiger partial charge in [0.25, 0.3) is 0 Å². The molecule has 2 aromatic carbocycles. The Kier molecular flexibility index (Phi) is 3.71. The maximum absolute atomic E-state index is 6.59. The van der Waals surface area contributed by atoms with Gasteiger partial charge in [0.15, 0.2) is 0 Å². The van der Waals surface area contributed by atoms with Crippen molar-refractivity contribution in [3.05, 3.63) is 107 Å². The van der Waals surface area contributed by atoms with Crippen LogP contribution >= 0.6 is 0 Å². The third-order valence-corrected chi connectivity index (χ3v) is 5.70. The van der Waals surface area contributed by atoms with Crippen LogP contribution in [0.5, 0.6) is 5.75 Å². The van der Waals surface area contributed by atoms with Crippen LogP contribution in [0.4, 0.5) is 5.95 Å². The molecule has 30 heavy (non-hydrogen) atoms. The third kappa shape index (κ3) is 2.54. The molecule has 0 radical (unpaired) electrons. The molecule has 1 N–H and O–H groups in total. The molecule has 0 saturated heterocycles. The molecule has 6 heteroatoms. The van der Waals surface area contributed by atoms with Gasteiger partial charge in [-0.1, -0.05) is 48.0 Å². The first-order chi connectivity index (χ1) is 14.8. The third-order valence-electron chi connectivity index (χ3n) is 5.70. The topological polar surface area (TPSA) is 64.9 Å². The number of rotatable bonds is 2. The Morgan fingerprint density at radius 2 is 1.83 bits per heavy atom. The second-order valence-corrected chi connectivity index (χ2v) is 7.58. The highest BCUT2D eigenvalue weighted by Crippen LogP contribution is 2.50. The lowest BCUT2D eigenvalue weighted by molar-refractivity contribution is 0.223. The summed E-state index contributed by atoms with van der Waals surface area (Å²) in [6.07, 6.45) is 4.99. The van der Waals surface area contributed by atoms with Crippen molar-refractivity contribution in [1.82, 2.24) is 19.7 Å². The number of aryl methyl sites for hydroxylation is 1. The number of para-hydroxylation sites is 1. The van der Waals surface area contributed by atoms with Gasteiger partial charge in [0.1, 0.15) is 24.2 Å². The van der Waals surface area contributed by atoms with E-state index in [0.29, 0.717) is 5.95 Å². The maximum Gasteiger partial charge on any atom is 0.226 e. The highest BCUT2D eigenvalue weighted by molar-refractivity contribution is 5.85. The van der Waals surface area contributed by atoms with E-state index in [-0.39, 0.29) is 12.1 Å². The van der Waals surface area contributed by atoms with Gasteiger partial charge in [-0.25, -0.2) is 4.68 Å². The van der Waals surface area contributed by atoms with Gasteiger partial charge >= 0.3 is 0 Å². The second-order valence-electron chi connectivity index (χ2n) is 7.58. The van der Waals surface area contributed by atoms with E-state index in [9.17, 15) is 0 Å². The summed E-state index contributed by atoms with van der Waals surface area (Å²) >= 11 is 0. The molecular weight excluding hydrogens is 374 g/mol. The summed E-state index contributed by atoms with van der Waals surface area (Å²) < 4.78 is 8.50. The summed E-state index contributed by atoms with van der Waals surface area (Å²) in [6, 6.07) is 20.5. The highest BCUT2D eigenvalue weighted by atomic mass is 16.5. The van der Waals surface area contributed by atoms with E-state index in [1.807, 2.05) is 35.1 Å². The van der Waals surface area contributed by atoms with Crippen molar-refractivity contribution < 1.29 is 4.74 Å². The van der Waals surface area contributed by atoms with E-state index in [0.717, 1.165) is 33.7 Å². The van der Waals surface area contributed by atoms with E-state index in [4.69, 9.17) is 4.74 Å². The van der Waals surface area contributed by atoms with Gasteiger partial charge in [-0.05, 0) is 36.2 Å². The van der Waals surface area contributed by atoms with Crippen LogP contribution in [-0.2, 0) is 0 Å². The van der Waals surface area contributed by atoms with Crippen molar-refractivity contribution >= 4 is 11.6 Å². The Bertz CT molecular complexity index is 1260. The first-order valence-electron chi connectivity index (χ1n) is 9.93. The zero-order valence-corrected chi connectivity index (χ0v) is 16.4. The molecule has 0 saturated carbocycles. The number of aromatic nitrogens is 4. The molecule has 0 fully saturated rings. The van der Waals surface area contributed by atoms with Crippen LogP contribution in [-0.4, -0.2) is 19.7 Å². The van der Waals surface area contributed by atoms with Crippen molar-refractivity contribution in [2.24, 2.45) is 0 Å². The Morgan fingerprint density at radius 3 is 2.67 bits per heavy atom. The number of ether oxygens (including phenoxy) is 1. The number of nitrogens with one attached hydrogen (secondary N) is 1. The zero-order chi connectivity index (χ0) is 20.1. The van der Waals surface area contributed by atoms with E-state index in [2.05, 4.69) is 63.7 Å².